The standard InChI is InChI=1S/C21H22N2OS/c1-3-10-19(17-11-6-4-7-12-17)20(24)23(18-13-8-5-9-14-18)21-22-16(2)15-25-21/h4-9,11-15,19H,3,10H2,1-2H3. The summed E-state index contributed by atoms with van der Waals surface area (Å²) in [6, 6.07) is 19.8. The molecule has 3 aromatic rings. The van der Waals surface area contributed by atoms with Gasteiger partial charge in [-0.15, -0.1) is 11.3 Å². The summed E-state index contributed by atoms with van der Waals surface area (Å²) in [5.41, 5.74) is 2.85. The molecule has 1 aromatic heterocycles. The Kier molecular flexibility index (Phi) is 5.61. The average molecular weight is 350 g/mol. The molecule has 1 heterocycles. The third-order valence-electron chi connectivity index (χ3n) is 4.11. The molecule has 25 heavy (non-hydrogen) atoms. The van der Waals surface area contributed by atoms with Crippen molar-refractivity contribution in [2.24, 2.45) is 0 Å². The summed E-state index contributed by atoms with van der Waals surface area (Å²) in [5.74, 6) is -0.0933. The molecule has 0 fully saturated rings. The van der Waals surface area contributed by atoms with E-state index in [0.29, 0.717) is 0 Å². The van der Waals surface area contributed by atoms with E-state index in [4.69, 9.17) is 0 Å². The highest BCUT2D eigenvalue weighted by molar-refractivity contribution is 7.14. The van der Waals surface area contributed by atoms with Gasteiger partial charge in [0, 0.05) is 5.38 Å². The minimum absolute atomic E-state index is 0.0774. The van der Waals surface area contributed by atoms with Crippen LogP contribution in [0.2, 0.25) is 0 Å². The highest BCUT2D eigenvalue weighted by Gasteiger charge is 2.29. The monoisotopic (exact) mass is 350 g/mol. The van der Waals surface area contributed by atoms with E-state index < -0.39 is 0 Å². The van der Waals surface area contributed by atoms with Crippen LogP contribution in [0.25, 0.3) is 0 Å². The Morgan fingerprint density at radius 1 is 1.08 bits per heavy atom. The maximum Gasteiger partial charge on any atom is 0.240 e. The summed E-state index contributed by atoms with van der Waals surface area (Å²) >= 11 is 1.51. The number of benzene rings is 2. The molecule has 0 aliphatic heterocycles. The van der Waals surface area contributed by atoms with Crippen LogP contribution in [0.3, 0.4) is 0 Å². The van der Waals surface area contributed by atoms with Crippen molar-refractivity contribution in [3.05, 3.63) is 77.3 Å². The first-order valence-electron chi connectivity index (χ1n) is 8.56. The summed E-state index contributed by atoms with van der Waals surface area (Å²) < 4.78 is 0. The molecule has 0 aliphatic carbocycles. The number of amides is 1. The number of para-hydroxylation sites is 1. The largest absolute Gasteiger partial charge is 0.273 e. The first-order chi connectivity index (χ1) is 12.2. The molecule has 128 valence electrons. The second-order valence-electron chi connectivity index (χ2n) is 6.03. The van der Waals surface area contributed by atoms with Gasteiger partial charge in [0.05, 0.1) is 17.3 Å². The van der Waals surface area contributed by atoms with Crippen molar-refractivity contribution in [3.63, 3.8) is 0 Å². The van der Waals surface area contributed by atoms with E-state index in [-0.39, 0.29) is 11.8 Å². The number of carbonyl (C=O) groups is 1. The lowest BCUT2D eigenvalue weighted by Crippen LogP contribution is -2.31. The van der Waals surface area contributed by atoms with Crippen molar-refractivity contribution >= 4 is 28.1 Å². The molecule has 0 N–H and O–H groups in total. The van der Waals surface area contributed by atoms with Crippen LogP contribution in [0.1, 0.15) is 36.9 Å². The van der Waals surface area contributed by atoms with Crippen LogP contribution in [0.15, 0.2) is 66.0 Å². The zero-order valence-corrected chi connectivity index (χ0v) is 15.4. The minimum atomic E-state index is -0.171. The van der Waals surface area contributed by atoms with Crippen molar-refractivity contribution in [2.75, 3.05) is 4.90 Å². The molecule has 0 saturated carbocycles. The quantitative estimate of drug-likeness (QED) is 0.571. The summed E-state index contributed by atoms with van der Waals surface area (Å²) in [6.45, 7) is 4.07. The third kappa shape index (κ3) is 3.97. The molecule has 0 bridgehead atoms. The number of rotatable bonds is 6. The molecule has 1 amide bonds. The van der Waals surface area contributed by atoms with Gasteiger partial charge in [-0.3, -0.25) is 9.69 Å². The highest BCUT2D eigenvalue weighted by atomic mass is 32.1. The van der Waals surface area contributed by atoms with E-state index in [1.54, 1.807) is 4.90 Å². The molecule has 3 nitrogen and oxygen atoms in total. The van der Waals surface area contributed by atoms with Gasteiger partial charge in [-0.25, -0.2) is 4.98 Å². The van der Waals surface area contributed by atoms with Crippen molar-refractivity contribution in [1.82, 2.24) is 4.98 Å². The predicted molar refractivity (Wildman–Crippen MR) is 105 cm³/mol. The van der Waals surface area contributed by atoms with Crippen LogP contribution < -0.4 is 4.90 Å². The zero-order valence-electron chi connectivity index (χ0n) is 14.6. The van der Waals surface area contributed by atoms with Gasteiger partial charge in [0.1, 0.15) is 0 Å². The summed E-state index contributed by atoms with van der Waals surface area (Å²) in [4.78, 5) is 19.9. The van der Waals surface area contributed by atoms with Gasteiger partial charge in [-0.1, -0.05) is 61.9 Å². The molecule has 0 saturated heterocycles. The first-order valence-corrected chi connectivity index (χ1v) is 9.44. The van der Waals surface area contributed by atoms with E-state index in [0.717, 1.165) is 34.9 Å². The maximum absolute atomic E-state index is 13.5. The number of aromatic nitrogens is 1. The first kappa shape index (κ1) is 17.4. The number of carbonyl (C=O) groups excluding carboxylic acids is 1. The lowest BCUT2D eigenvalue weighted by molar-refractivity contribution is -0.119. The van der Waals surface area contributed by atoms with E-state index in [9.17, 15) is 4.79 Å². The molecule has 0 spiro atoms. The smallest absolute Gasteiger partial charge is 0.240 e. The van der Waals surface area contributed by atoms with Gasteiger partial charge in [0.2, 0.25) is 5.91 Å². The number of thiazole rings is 1. The predicted octanol–water partition coefficient (Wildman–Crippen LogP) is 5.70. The van der Waals surface area contributed by atoms with Crippen LogP contribution in [0.4, 0.5) is 10.8 Å². The molecular weight excluding hydrogens is 328 g/mol. The van der Waals surface area contributed by atoms with Crippen LogP contribution in [0, 0.1) is 6.92 Å². The van der Waals surface area contributed by atoms with E-state index in [1.807, 2.05) is 73.0 Å². The highest BCUT2D eigenvalue weighted by Crippen LogP contribution is 2.34. The number of hydrogen-bond donors (Lipinski definition) is 0. The lowest BCUT2D eigenvalue weighted by Gasteiger charge is -2.25. The third-order valence-corrected chi connectivity index (χ3v) is 5.05. The van der Waals surface area contributed by atoms with Gasteiger partial charge in [0.25, 0.3) is 0 Å². The number of aryl methyl sites for hydroxylation is 1. The molecule has 0 radical (unpaired) electrons. The van der Waals surface area contributed by atoms with E-state index in [1.165, 1.54) is 11.3 Å². The molecule has 0 aliphatic rings. The fraction of sp³-hybridized carbons (Fsp3) is 0.238. The zero-order chi connectivity index (χ0) is 17.6. The van der Waals surface area contributed by atoms with E-state index >= 15 is 0 Å². The number of anilines is 2. The van der Waals surface area contributed by atoms with Crippen LogP contribution >= 0.6 is 11.3 Å². The molecule has 4 heteroatoms. The van der Waals surface area contributed by atoms with Crippen LogP contribution in [-0.4, -0.2) is 10.9 Å². The Labute approximate surface area is 153 Å². The van der Waals surface area contributed by atoms with Crippen molar-refractivity contribution in [1.29, 1.82) is 0 Å². The Morgan fingerprint density at radius 2 is 1.72 bits per heavy atom. The Bertz CT molecular complexity index is 814. The molecule has 1 atom stereocenters. The van der Waals surface area contributed by atoms with Crippen molar-refractivity contribution in [2.45, 2.75) is 32.6 Å². The van der Waals surface area contributed by atoms with Crippen molar-refractivity contribution < 1.29 is 4.79 Å². The lowest BCUT2D eigenvalue weighted by atomic mass is 9.93. The fourth-order valence-electron chi connectivity index (χ4n) is 2.92. The van der Waals surface area contributed by atoms with Gasteiger partial charge < -0.3 is 0 Å². The van der Waals surface area contributed by atoms with Gasteiger partial charge in [-0.2, -0.15) is 0 Å². The Morgan fingerprint density at radius 3 is 2.28 bits per heavy atom. The SMILES string of the molecule is CCCC(C(=O)N(c1ccccc1)c1nc(C)cs1)c1ccccc1. The Hall–Kier alpha value is -2.46. The number of nitrogens with zero attached hydrogens (tertiary/aromatic N) is 2. The Balaban J connectivity index is 2.03. The summed E-state index contributed by atoms with van der Waals surface area (Å²) in [7, 11) is 0. The minimum Gasteiger partial charge on any atom is -0.273 e. The average Bonchev–Trinajstić information content (AvgIpc) is 3.07. The van der Waals surface area contributed by atoms with Gasteiger partial charge in [-0.05, 0) is 31.0 Å². The molecular formula is C21H22N2OS. The second kappa shape index (κ2) is 8.08. The van der Waals surface area contributed by atoms with Gasteiger partial charge >= 0.3 is 0 Å². The summed E-state index contributed by atoms with van der Waals surface area (Å²) in [5, 5.41) is 2.71. The van der Waals surface area contributed by atoms with E-state index in [2.05, 4.69) is 11.9 Å². The van der Waals surface area contributed by atoms with Gasteiger partial charge in [0.15, 0.2) is 5.13 Å². The molecule has 1 unspecified atom stereocenters. The van der Waals surface area contributed by atoms with Crippen LogP contribution in [-0.2, 0) is 4.79 Å². The van der Waals surface area contributed by atoms with Crippen LogP contribution in [0.5, 0.6) is 0 Å². The topological polar surface area (TPSA) is 33.2 Å². The van der Waals surface area contributed by atoms with Crippen molar-refractivity contribution in [3.8, 4) is 0 Å². The molecule has 3 rings (SSSR count). The fourth-order valence-corrected chi connectivity index (χ4v) is 3.74. The second-order valence-corrected chi connectivity index (χ2v) is 6.87. The number of hydrogen-bond acceptors (Lipinski definition) is 3. The normalized spacial score (nSPS) is 11.9. The summed E-state index contributed by atoms with van der Waals surface area (Å²) in [6.07, 6.45) is 1.77. The molecule has 2 aromatic carbocycles. The maximum atomic E-state index is 13.5.